The molecule has 2 atom stereocenters. The lowest BCUT2D eigenvalue weighted by molar-refractivity contribution is -0.161. The van der Waals surface area contributed by atoms with Gasteiger partial charge in [-0.1, -0.05) is 36.4 Å². The molecule has 3 aromatic rings. The summed E-state index contributed by atoms with van der Waals surface area (Å²) in [6.45, 7) is 0. The van der Waals surface area contributed by atoms with Gasteiger partial charge in [0, 0.05) is 12.0 Å². The number of fused-ring (bicyclic) bond motifs is 6. The van der Waals surface area contributed by atoms with Crippen LogP contribution in [-0.2, 0) is 10.5 Å². The lowest BCUT2D eigenvalue weighted by atomic mass is 9.93. The van der Waals surface area contributed by atoms with Crippen molar-refractivity contribution in [3.8, 4) is 5.75 Å². The number of carbonyl (C=O) groups is 1. The normalized spacial score (nSPS) is 24.7. The Hall–Kier alpha value is -3.54. The largest absolute Gasteiger partial charge is 0.463 e. The Kier molecular flexibility index (Phi) is 2.71. The van der Waals surface area contributed by atoms with E-state index < -0.39 is 5.72 Å². The minimum Gasteiger partial charge on any atom is -0.463 e. The minimum absolute atomic E-state index is 0.105. The van der Waals surface area contributed by atoms with Crippen LogP contribution in [0.15, 0.2) is 76.4 Å². The first-order chi connectivity index (χ1) is 13.3. The van der Waals surface area contributed by atoms with Crippen LogP contribution < -0.4 is 10.1 Å². The highest BCUT2D eigenvalue weighted by Gasteiger charge is 2.60. The van der Waals surface area contributed by atoms with Crippen molar-refractivity contribution in [3.63, 3.8) is 0 Å². The first kappa shape index (κ1) is 14.6. The van der Waals surface area contributed by atoms with Crippen molar-refractivity contribution in [1.82, 2.24) is 5.01 Å². The van der Waals surface area contributed by atoms with Gasteiger partial charge in [-0.2, -0.15) is 5.10 Å². The topological polar surface area (TPSA) is 67.1 Å². The lowest BCUT2D eigenvalue weighted by Gasteiger charge is -2.43. The van der Waals surface area contributed by atoms with E-state index in [-0.39, 0.29) is 11.9 Å². The number of anilines is 1. The molecule has 6 rings (SSSR count). The van der Waals surface area contributed by atoms with Crippen LogP contribution in [0, 0.1) is 0 Å². The summed E-state index contributed by atoms with van der Waals surface area (Å²) in [5, 5.41) is 9.56. The Morgan fingerprint density at radius 2 is 1.93 bits per heavy atom. The molecule has 4 heterocycles. The van der Waals surface area contributed by atoms with E-state index in [9.17, 15) is 4.79 Å². The van der Waals surface area contributed by atoms with Crippen LogP contribution in [0.25, 0.3) is 0 Å². The van der Waals surface area contributed by atoms with Gasteiger partial charge in [0.25, 0.3) is 5.91 Å². The lowest BCUT2D eigenvalue weighted by Crippen LogP contribution is -2.55. The Bertz CT molecular complexity index is 1110. The van der Waals surface area contributed by atoms with E-state index in [4.69, 9.17) is 14.3 Å². The smallest absolute Gasteiger partial charge is 0.306 e. The summed E-state index contributed by atoms with van der Waals surface area (Å²) < 4.78 is 11.9. The maximum atomic E-state index is 13.2. The van der Waals surface area contributed by atoms with E-state index in [2.05, 4.69) is 5.32 Å². The Labute approximate surface area is 155 Å². The molecule has 1 N–H and O–H groups in total. The zero-order valence-electron chi connectivity index (χ0n) is 14.3. The van der Waals surface area contributed by atoms with Gasteiger partial charge >= 0.3 is 5.72 Å². The summed E-state index contributed by atoms with van der Waals surface area (Å²) in [7, 11) is 0. The molecule has 0 saturated carbocycles. The predicted molar refractivity (Wildman–Crippen MR) is 98.3 cm³/mol. The molecule has 0 aliphatic carbocycles. The Morgan fingerprint density at radius 3 is 2.81 bits per heavy atom. The van der Waals surface area contributed by atoms with Crippen molar-refractivity contribution in [1.29, 1.82) is 0 Å². The number of hydrazone groups is 1. The van der Waals surface area contributed by atoms with Crippen molar-refractivity contribution in [2.45, 2.75) is 18.2 Å². The van der Waals surface area contributed by atoms with Gasteiger partial charge in [-0.05, 0) is 24.3 Å². The molecule has 0 bridgehead atoms. The second-order valence-corrected chi connectivity index (χ2v) is 6.87. The Balaban J connectivity index is 1.60. The number of hydrogen-bond donors (Lipinski definition) is 1. The number of rotatable bonds is 1. The van der Waals surface area contributed by atoms with E-state index in [0.717, 1.165) is 22.5 Å². The molecule has 3 aliphatic rings. The van der Waals surface area contributed by atoms with E-state index >= 15 is 0 Å². The van der Waals surface area contributed by atoms with E-state index in [1.54, 1.807) is 11.3 Å². The first-order valence-electron chi connectivity index (χ1n) is 8.87. The fraction of sp³-hybridized carbons (Fsp3) is 0.143. The van der Waals surface area contributed by atoms with Gasteiger partial charge in [-0.3, -0.25) is 4.79 Å². The SMILES string of the molecule is O=C1Nc2ccccc2[C@@]12Oc1ccccc1[C@H]1CC(c3ccco3)=NN12. The number of amides is 1. The van der Waals surface area contributed by atoms with E-state index in [1.807, 2.05) is 60.7 Å². The third-order valence-corrected chi connectivity index (χ3v) is 5.42. The number of hydrogen-bond acceptors (Lipinski definition) is 5. The molecular weight excluding hydrogens is 342 g/mol. The number of nitrogens with one attached hydrogen (secondary N) is 1. The number of ether oxygens (including phenoxy) is 1. The number of para-hydroxylation sites is 2. The van der Waals surface area contributed by atoms with Crippen LogP contribution in [0.5, 0.6) is 5.75 Å². The summed E-state index contributed by atoms with van der Waals surface area (Å²) in [5.74, 6) is 1.19. The van der Waals surface area contributed by atoms with Crippen LogP contribution >= 0.6 is 0 Å². The van der Waals surface area contributed by atoms with Gasteiger partial charge in [0.05, 0.1) is 23.6 Å². The van der Waals surface area contributed by atoms with Crippen LogP contribution in [0.1, 0.15) is 29.3 Å². The van der Waals surface area contributed by atoms with Crippen molar-refractivity contribution < 1.29 is 13.9 Å². The van der Waals surface area contributed by atoms with Crippen molar-refractivity contribution in [3.05, 3.63) is 83.8 Å². The van der Waals surface area contributed by atoms with E-state index in [1.165, 1.54) is 0 Å². The molecule has 0 saturated heterocycles. The average Bonchev–Trinajstić information content (AvgIpc) is 3.41. The zero-order valence-corrected chi connectivity index (χ0v) is 14.3. The van der Waals surface area contributed by atoms with Crippen LogP contribution in [0.3, 0.4) is 0 Å². The Morgan fingerprint density at radius 1 is 1.07 bits per heavy atom. The zero-order chi connectivity index (χ0) is 18.0. The minimum atomic E-state index is -1.32. The maximum absolute atomic E-state index is 13.2. The van der Waals surface area contributed by atoms with Crippen molar-refractivity contribution >= 4 is 17.3 Å². The number of nitrogens with zero attached hydrogens (tertiary/aromatic N) is 2. The summed E-state index contributed by atoms with van der Waals surface area (Å²) in [4.78, 5) is 13.2. The van der Waals surface area contributed by atoms with Crippen molar-refractivity contribution in [2.24, 2.45) is 5.10 Å². The highest BCUT2D eigenvalue weighted by Crippen LogP contribution is 2.53. The molecule has 132 valence electrons. The molecule has 0 fully saturated rings. The monoisotopic (exact) mass is 357 g/mol. The van der Waals surface area contributed by atoms with Gasteiger partial charge in [-0.25, -0.2) is 5.01 Å². The van der Waals surface area contributed by atoms with Crippen molar-refractivity contribution in [2.75, 3.05) is 5.32 Å². The van der Waals surface area contributed by atoms with Gasteiger partial charge in [-0.15, -0.1) is 0 Å². The average molecular weight is 357 g/mol. The maximum Gasteiger partial charge on any atom is 0.306 e. The molecular formula is C21H15N3O3. The molecule has 0 unspecified atom stereocenters. The molecule has 27 heavy (non-hydrogen) atoms. The second kappa shape index (κ2) is 5.01. The highest BCUT2D eigenvalue weighted by atomic mass is 16.5. The quantitative estimate of drug-likeness (QED) is 0.722. The second-order valence-electron chi connectivity index (χ2n) is 6.87. The first-order valence-corrected chi connectivity index (χ1v) is 8.87. The summed E-state index contributed by atoms with van der Waals surface area (Å²) in [6.07, 6.45) is 2.28. The summed E-state index contributed by atoms with van der Waals surface area (Å²) in [5.41, 5.74) is 2.04. The molecule has 3 aliphatic heterocycles. The van der Waals surface area contributed by atoms with Crippen LogP contribution in [0.4, 0.5) is 5.69 Å². The molecule has 6 heteroatoms. The fourth-order valence-electron chi connectivity index (χ4n) is 4.23. The summed E-state index contributed by atoms with van der Waals surface area (Å²) >= 11 is 0. The number of furan rings is 1. The molecule has 6 nitrogen and oxygen atoms in total. The van der Waals surface area contributed by atoms with Gasteiger partial charge < -0.3 is 14.5 Å². The predicted octanol–water partition coefficient (Wildman–Crippen LogP) is 3.63. The fourth-order valence-corrected chi connectivity index (χ4v) is 4.23. The third kappa shape index (κ3) is 1.79. The van der Waals surface area contributed by atoms with Crippen LogP contribution in [0.2, 0.25) is 0 Å². The number of carbonyl (C=O) groups excluding carboxylic acids is 1. The van der Waals surface area contributed by atoms with Gasteiger partial charge in [0.2, 0.25) is 0 Å². The third-order valence-electron chi connectivity index (χ3n) is 5.42. The summed E-state index contributed by atoms with van der Waals surface area (Å²) in [6, 6.07) is 19.1. The van der Waals surface area contributed by atoms with E-state index in [0.29, 0.717) is 17.9 Å². The molecule has 1 amide bonds. The van der Waals surface area contributed by atoms with Crippen LogP contribution in [-0.4, -0.2) is 16.6 Å². The molecule has 0 radical (unpaired) electrons. The van der Waals surface area contributed by atoms with Gasteiger partial charge in [0.15, 0.2) is 0 Å². The van der Waals surface area contributed by atoms with Gasteiger partial charge in [0.1, 0.15) is 17.2 Å². The highest BCUT2D eigenvalue weighted by molar-refractivity contribution is 6.06. The molecule has 1 aromatic heterocycles. The molecule has 2 aromatic carbocycles. The molecule has 1 spiro atoms. The number of benzene rings is 2. The standard InChI is InChI=1S/C21H15N3O3/c25-20-21(14-7-2-3-8-15(14)22-20)24-17(13-6-1-4-9-18(13)27-21)12-16(23-24)19-10-5-11-26-19/h1-11,17H,12H2,(H,22,25)/t17-,21-/m1/s1.